The van der Waals surface area contributed by atoms with Crippen molar-refractivity contribution in [3.05, 3.63) is 70.8 Å². The molecule has 2 rings (SSSR count). The van der Waals surface area contributed by atoms with Gasteiger partial charge < -0.3 is 15.8 Å². The number of hydrogen-bond acceptors (Lipinski definition) is 3. The number of amides is 2. The molecule has 0 radical (unpaired) electrons. The molecule has 0 bridgehead atoms. The Morgan fingerprint density at radius 3 is 2.16 bits per heavy atom. The van der Waals surface area contributed by atoms with Gasteiger partial charge in [0.25, 0.3) is 5.91 Å². The number of methoxy groups -OCH3 is 1. The number of primary amides is 1. The Morgan fingerprint density at radius 2 is 1.64 bits per heavy atom. The Hall–Kier alpha value is -2.66. The summed E-state index contributed by atoms with van der Waals surface area (Å²) < 4.78 is 5.31. The lowest BCUT2D eigenvalue weighted by Crippen LogP contribution is -2.47. The second-order valence-corrected chi connectivity index (χ2v) is 6.06. The van der Waals surface area contributed by atoms with Crippen LogP contribution in [0, 0.1) is 13.8 Å². The largest absolute Gasteiger partial charge is 0.368 e. The number of ether oxygens (including phenoxy) is 1. The van der Waals surface area contributed by atoms with Gasteiger partial charge in [0, 0.05) is 13.5 Å². The van der Waals surface area contributed by atoms with Gasteiger partial charge >= 0.3 is 0 Å². The van der Waals surface area contributed by atoms with E-state index in [1.165, 1.54) is 7.11 Å². The summed E-state index contributed by atoms with van der Waals surface area (Å²) in [6, 6.07) is 14.2. The van der Waals surface area contributed by atoms with E-state index in [0.29, 0.717) is 6.42 Å². The monoisotopic (exact) mass is 340 g/mol. The number of nitrogens with one attached hydrogen (secondary N) is 1. The average molecular weight is 340 g/mol. The van der Waals surface area contributed by atoms with E-state index in [1.54, 1.807) is 12.1 Å². The molecule has 2 aromatic carbocycles. The maximum atomic E-state index is 12.6. The molecule has 5 nitrogen and oxygen atoms in total. The molecule has 0 fully saturated rings. The third-order valence-electron chi connectivity index (χ3n) is 4.29. The van der Waals surface area contributed by atoms with E-state index in [1.807, 2.05) is 50.2 Å². The molecule has 0 saturated heterocycles. The maximum Gasteiger partial charge on any atom is 0.254 e. The standard InChI is InChI=1S/C20H24N2O3/c1-13-8-7-9-14(2)16(13)12-17(19(21)23)22-20(24)18(25-3)15-10-5-4-6-11-15/h4-11,17-18H,12H2,1-3H3,(H2,21,23)(H,22,24)/t17-,18+/m0/s1. The summed E-state index contributed by atoms with van der Waals surface area (Å²) in [5.41, 5.74) is 9.38. The van der Waals surface area contributed by atoms with Gasteiger partial charge in [0.05, 0.1) is 0 Å². The Balaban J connectivity index is 2.18. The van der Waals surface area contributed by atoms with E-state index in [0.717, 1.165) is 22.3 Å². The fourth-order valence-corrected chi connectivity index (χ4v) is 2.87. The minimum Gasteiger partial charge on any atom is -0.368 e. The lowest BCUT2D eigenvalue weighted by atomic mass is 9.96. The van der Waals surface area contributed by atoms with Gasteiger partial charge in [-0.2, -0.15) is 0 Å². The molecule has 0 saturated carbocycles. The first-order chi connectivity index (χ1) is 11.9. The number of nitrogens with two attached hydrogens (primary N) is 1. The number of benzene rings is 2. The van der Waals surface area contributed by atoms with Crippen molar-refractivity contribution in [1.82, 2.24) is 5.32 Å². The third-order valence-corrected chi connectivity index (χ3v) is 4.29. The SMILES string of the molecule is CO[C@@H](C(=O)N[C@@H](Cc1c(C)cccc1C)C(N)=O)c1ccccc1. The summed E-state index contributed by atoms with van der Waals surface area (Å²) in [7, 11) is 1.46. The van der Waals surface area contributed by atoms with Crippen molar-refractivity contribution in [3.8, 4) is 0 Å². The van der Waals surface area contributed by atoms with Gasteiger partial charge in [-0.3, -0.25) is 9.59 Å². The first kappa shape index (κ1) is 18.7. The summed E-state index contributed by atoms with van der Waals surface area (Å²) in [6.07, 6.45) is -0.439. The second kappa shape index (κ2) is 8.44. The number of aryl methyl sites for hydroxylation is 2. The fraction of sp³-hybridized carbons (Fsp3) is 0.300. The zero-order chi connectivity index (χ0) is 18.4. The lowest BCUT2D eigenvalue weighted by molar-refractivity contribution is -0.134. The highest BCUT2D eigenvalue weighted by Gasteiger charge is 2.26. The third kappa shape index (κ3) is 4.67. The van der Waals surface area contributed by atoms with Crippen LogP contribution in [-0.2, 0) is 20.7 Å². The molecule has 0 spiro atoms. The molecule has 5 heteroatoms. The topological polar surface area (TPSA) is 81.4 Å². The molecule has 2 atom stereocenters. The van der Waals surface area contributed by atoms with Crippen molar-refractivity contribution >= 4 is 11.8 Å². The van der Waals surface area contributed by atoms with Gasteiger partial charge in [-0.15, -0.1) is 0 Å². The summed E-state index contributed by atoms with van der Waals surface area (Å²) >= 11 is 0. The molecular formula is C20H24N2O3. The molecule has 0 aromatic heterocycles. The summed E-state index contributed by atoms with van der Waals surface area (Å²) in [5, 5.41) is 2.73. The van der Waals surface area contributed by atoms with Crippen molar-refractivity contribution in [1.29, 1.82) is 0 Å². The molecule has 132 valence electrons. The quantitative estimate of drug-likeness (QED) is 0.811. The van der Waals surface area contributed by atoms with Crippen LogP contribution in [0.25, 0.3) is 0 Å². The number of carbonyl (C=O) groups excluding carboxylic acids is 2. The first-order valence-corrected chi connectivity index (χ1v) is 8.16. The van der Waals surface area contributed by atoms with E-state index >= 15 is 0 Å². The van der Waals surface area contributed by atoms with Crippen molar-refractivity contribution < 1.29 is 14.3 Å². The number of rotatable bonds is 7. The van der Waals surface area contributed by atoms with E-state index in [9.17, 15) is 9.59 Å². The van der Waals surface area contributed by atoms with Crippen LogP contribution in [-0.4, -0.2) is 25.0 Å². The van der Waals surface area contributed by atoms with E-state index < -0.39 is 18.1 Å². The van der Waals surface area contributed by atoms with Crippen LogP contribution in [0.2, 0.25) is 0 Å². The van der Waals surface area contributed by atoms with Crippen LogP contribution < -0.4 is 11.1 Å². The van der Waals surface area contributed by atoms with E-state index in [-0.39, 0.29) is 5.91 Å². The van der Waals surface area contributed by atoms with Gasteiger partial charge in [0.2, 0.25) is 5.91 Å². The average Bonchev–Trinajstić information content (AvgIpc) is 2.58. The molecule has 0 heterocycles. The van der Waals surface area contributed by atoms with Crippen molar-refractivity contribution in [2.45, 2.75) is 32.4 Å². The predicted octanol–water partition coefficient (Wildman–Crippen LogP) is 2.20. The molecule has 2 aromatic rings. The second-order valence-electron chi connectivity index (χ2n) is 6.06. The molecule has 0 aliphatic heterocycles. The molecule has 0 aliphatic carbocycles. The summed E-state index contributed by atoms with van der Waals surface area (Å²) in [4.78, 5) is 24.5. The zero-order valence-electron chi connectivity index (χ0n) is 14.8. The molecule has 2 amide bonds. The fourth-order valence-electron chi connectivity index (χ4n) is 2.87. The highest BCUT2D eigenvalue weighted by Crippen LogP contribution is 2.18. The highest BCUT2D eigenvalue weighted by molar-refractivity contribution is 5.89. The van der Waals surface area contributed by atoms with E-state index in [2.05, 4.69) is 5.32 Å². The Morgan fingerprint density at radius 1 is 1.04 bits per heavy atom. The molecule has 3 N–H and O–H groups in total. The zero-order valence-corrected chi connectivity index (χ0v) is 14.8. The van der Waals surface area contributed by atoms with Gasteiger partial charge in [-0.05, 0) is 36.1 Å². The van der Waals surface area contributed by atoms with Crippen LogP contribution in [0.4, 0.5) is 0 Å². The first-order valence-electron chi connectivity index (χ1n) is 8.16. The van der Waals surface area contributed by atoms with Crippen LogP contribution >= 0.6 is 0 Å². The number of carbonyl (C=O) groups is 2. The van der Waals surface area contributed by atoms with Gasteiger partial charge in [-0.1, -0.05) is 48.5 Å². The minimum atomic E-state index is -0.798. The van der Waals surface area contributed by atoms with Gasteiger partial charge in [0.1, 0.15) is 6.04 Å². The highest BCUT2D eigenvalue weighted by atomic mass is 16.5. The maximum absolute atomic E-state index is 12.6. The Labute approximate surface area is 148 Å². The molecular weight excluding hydrogens is 316 g/mol. The minimum absolute atomic E-state index is 0.352. The van der Waals surface area contributed by atoms with Gasteiger partial charge in [0.15, 0.2) is 6.10 Å². The van der Waals surface area contributed by atoms with Crippen molar-refractivity contribution in [2.75, 3.05) is 7.11 Å². The molecule has 25 heavy (non-hydrogen) atoms. The normalized spacial score (nSPS) is 13.1. The lowest BCUT2D eigenvalue weighted by Gasteiger charge is -2.21. The number of hydrogen-bond donors (Lipinski definition) is 2. The molecule has 0 unspecified atom stereocenters. The van der Waals surface area contributed by atoms with Gasteiger partial charge in [-0.25, -0.2) is 0 Å². The summed E-state index contributed by atoms with van der Waals surface area (Å²) in [5.74, 6) is -0.956. The van der Waals surface area contributed by atoms with Crippen LogP contribution in [0.3, 0.4) is 0 Å². The summed E-state index contributed by atoms with van der Waals surface area (Å²) in [6.45, 7) is 3.95. The Bertz CT molecular complexity index is 724. The van der Waals surface area contributed by atoms with Crippen molar-refractivity contribution in [3.63, 3.8) is 0 Å². The predicted molar refractivity (Wildman–Crippen MR) is 96.9 cm³/mol. The van der Waals surface area contributed by atoms with Crippen molar-refractivity contribution in [2.24, 2.45) is 5.73 Å². The van der Waals surface area contributed by atoms with Crippen LogP contribution in [0.15, 0.2) is 48.5 Å². The Kier molecular flexibility index (Phi) is 6.31. The smallest absolute Gasteiger partial charge is 0.254 e. The van der Waals surface area contributed by atoms with Crippen LogP contribution in [0.1, 0.15) is 28.4 Å². The van der Waals surface area contributed by atoms with E-state index in [4.69, 9.17) is 10.5 Å². The molecule has 0 aliphatic rings. The van der Waals surface area contributed by atoms with Crippen LogP contribution in [0.5, 0.6) is 0 Å².